The SMILES string of the molecule is CC(C)(CC(=O)N[C@H](Cc1ccccc1)C(=O)O)NC(=O)OCc1ccccc1. The highest BCUT2D eigenvalue weighted by Crippen LogP contribution is 2.11. The lowest BCUT2D eigenvalue weighted by Gasteiger charge is -2.26. The first kappa shape index (κ1) is 21.9. The van der Waals surface area contributed by atoms with Gasteiger partial charge in [0.2, 0.25) is 5.91 Å². The summed E-state index contributed by atoms with van der Waals surface area (Å²) in [5.41, 5.74) is 0.749. The molecule has 0 radical (unpaired) electrons. The third kappa shape index (κ3) is 8.04. The van der Waals surface area contributed by atoms with Crippen LogP contribution in [0.5, 0.6) is 0 Å². The predicted octanol–water partition coefficient (Wildman–Crippen LogP) is 2.89. The zero-order valence-electron chi connectivity index (χ0n) is 16.6. The summed E-state index contributed by atoms with van der Waals surface area (Å²) < 4.78 is 5.17. The van der Waals surface area contributed by atoms with Gasteiger partial charge in [0.05, 0.1) is 0 Å². The number of carbonyl (C=O) groups excluding carboxylic acids is 2. The molecule has 29 heavy (non-hydrogen) atoms. The minimum absolute atomic E-state index is 0.0913. The topological polar surface area (TPSA) is 105 Å². The molecule has 0 aliphatic heterocycles. The van der Waals surface area contributed by atoms with E-state index in [1.807, 2.05) is 48.5 Å². The van der Waals surface area contributed by atoms with Crippen LogP contribution >= 0.6 is 0 Å². The van der Waals surface area contributed by atoms with E-state index in [1.165, 1.54) is 0 Å². The molecule has 0 spiro atoms. The zero-order chi connectivity index (χ0) is 21.3. The Balaban J connectivity index is 1.84. The number of amides is 2. The summed E-state index contributed by atoms with van der Waals surface area (Å²) >= 11 is 0. The summed E-state index contributed by atoms with van der Waals surface area (Å²) in [6.45, 7) is 3.46. The number of benzene rings is 2. The minimum Gasteiger partial charge on any atom is -0.480 e. The molecule has 2 amide bonds. The fourth-order valence-electron chi connectivity index (χ4n) is 2.78. The molecule has 0 aliphatic carbocycles. The fourth-order valence-corrected chi connectivity index (χ4v) is 2.78. The van der Waals surface area contributed by atoms with Gasteiger partial charge in [-0.25, -0.2) is 9.59 Å². The van der Waals surface area contributed by atoms with Gasteiger partial charge in [0.1, 0.15) is 12.6 Å². The van der Waals surface area contributed by atoms with Crippen LogP contribution < -0.4 is 10.6 Å². The van der Waals surface area contributed by atoms with E-state index in [2.05, 4.69) is 10.6 Å². The molecule has 1 atom stereocenters. The van der Waals surface area contributed by atoms with Gasteiger partial charge in [-0.2, -0.15) is 0 Å². The first-order chi connectivity index (χ1) is 13.7. The van der Waals surface area contributed by atoms with Crippen LogP contribution in [0.2, 0.25) is 0 Å². The molecule has 0 heterocycles. The summed E-state index contributed by atoms with van der Waals surface area (Å²) in [5, 5.41) is 14.6. The summed E-state index contributed by atoms with van der Waals surface area (Å²) in [6, 6.07) is 17.2. The van der Waals surface area contributed by atoms with E-state index < -0.39 is 29.6 Å². The molecule has 2 aromatic rings. The van der Waals surface area contributed by atoms with Crippen molar-refractivity contribution in [3.05, 3.63) is 71.8 Å². The van der Waals surface area contributed by atoms with Crippen molar-refractivity contribution < 1.29 is 24.2 Å². The van der Waals surface area contributed by atoms with Gasteiger partial charge in [-0.1, -0.05) is 60.7 Å². The van der Waals surface area contributed by atoms with Crippen LogP contribution in [0.3, 0.4) is 0 Å². The van der Waals surface area contributed by atoms with Crippen molar-refractivity contribution in [1.29, 1.82) is 0 Å². The largest absolute Gasteiger partial charge is 0.480 e. The van der Waals surface area contributed by atoms with Crippen LogP contribution in [0.1, 0.15) is 31.4 Å². The molecule has 0 saturated heterocycles. The van der Waals surface area contributed by atoms with Crippen LogP contribution in [0.25, 0.3) is 0 Å². The Bertz CT molecular complexity index is 822. The Morgan fingerprint density at radius 3 is 2.07 bits per heavy atom. The highest BCUT2D eigenvalue weighted by Gasteiger charge is 2.28. The summed E-state index contributed by atoms with van der Waals surface area (Å²) in [5.74, 6) is -1.59. The average Bonchev–Trinajstić information content (AvgIpc) is 2.66. The Kier molecular flexibility index (Phi) is 7.77. The van der Waals surface area contributed by atoms with Gasteiger partial charge in [-0.15, -0.1) is 0 Å². The molecule has 0 bridgehead atoms. The Labute approximate surface area is 170 Å². The van der Waals surface area contributed by atoms with Crippen LogP contribution in [-0.4, -0.2) is 34.7 Å². The third-order valence-corrected chi connectivity index (χ3v) is 4.17. The molecule has 7 heteroatoms. The van der Waals surface area contributed by atoms with E-state index in [0.717, 1.165) is 11.1 Å². The summed E-state index contributed by atoms with van der Waals surface area (Å²) in [6.07, 6.45) is -0.563. The van der Waals surface area contributed by atoms with Gasteiger partial charge in [0, 0.05) is 18.4 Å². The first-order valence-electron chi connectivity index (χ1n) is 9.30. The van der Waals surface area contributed by atoms with Crippen molar-refractivity contribution in [3.8, 4) is 0 Å². The standard InChI is InChI=1S/C22H26N2O5/c1-22(2,24-21(28)29-15-17-11-7-4-8-12-17)14-19(25)23-18(20(26)27)13-16-9-5-3-6-10-16/h3-12,18H,13-15H2,1-2H3,(H,23,25)(H,24,28)(H,26,27)/t18-/m1/s1. The van der Waals surface area contributed by atoms with Gasteiger partial charge in [0.15, 0.2) is 0 Å². The van der Waals surface area contributed by atoms with E-state index in [4.69, 9.17) is 4.74 Å². The number of hydrogen-bond acceptors (Lipinski definition) is 4. The molecular weight excluding hydrogens is 372 g/mol. The van der Waals surface area contributed by atoms with Crippen molar-refractivity contribution >= 4 is 18.0 Å². The van der Waals surface area contributed by atoms with Crippen LogP contribution in [-0.2, 0) is 27.4 Å². The summed E-state index contributed by atoms with van der Waals surface area (Å²) in [4.78, 5) is 35.9. The number of rotatable bonds is 9. The molecule has 0 aliphatic rings. The lowest BCUT2D eigenvalue weighted by Crippen LogP contribution is -2.50. The quantitative estimate of drug-likeness (QED) is 0.602. The Morgan fingerprint density at radius 2 is 1.52 bits per heavy atom. The second-order valence-electron chi connectivity index (χ2n) is 7.40. The van der Waals surface area contributed by atoms with Crippen molar-refractivity contribution in [2.75, 3.05) is 0 Å². The molecule has 3 N–H and O–H groups in total. The number of carboxylic acid groups (broad SMARTS) is 1. The van der Waals surface area contributed by atoms with E-state index in [9.17, 15) is 19.5 Å². The molecule has 0 saturated carbocycles. The monoisotopic (exact) mass is 398 g/mol. The van der Waals surface area contributed by atoms with Crippen LogP contribution in [0, 0.1) is 0 Å². The first-order valence-corrected chi connectivity index (χ1v) is 9.30. The van der Waals surface area contributed by atoms with Crippen LogP contribution in [0.4, 0.5) is 4.79 Å². The highest BCUT2D eigenvalue weighted by atomic mass is 16.5. The number of hydrogen-bond donors (Lipinski definition) is 3. The molecular formula is C22H26N2O5. The lowest BCUT2D eigenvalue weighted by atomic mass is 9.99. The van der Waals surface area contributed by atoms with Crippen LogP contribution in [0.15, 0.2) is 60.7 Å². The smallest absolute Gasteiger partial charge is 0.407 e. The molecule has 0 fully saturated rings. The normalized spacial score (nSPS) is 11.9. The molecule has 154 valence electrons. The fraction of sp³-hybridized carbons (Fsp3) is 0.318. The highest BCUT2D eigenvalue weighted by molar-refractivity contribution is 5.84. The maximum absolute atomic E-state index is 12.4. The van der Waals surface area contributed by atoms with Gasteiger partial charge in [-0.3, -0.25) is 4.79 Å². The second-order valence-corrected chi connectivity index (χ2v) is 7.40. The van der Waals surface area contributed by atoms with Crippen molar-refractivity contribution in [1.82, 2.24) is 10.6 Å². The van der Waals surface area contributed by atoms with Gasteiger partial charge >= 0.3 is 12.1 Å². The molecule has 2 aromatic carbocycles. The van der Waals surface area contributed by atoms with Gasteiger partial charge < -0.3 is 20.5 Å². The maximum Gasteiger partial charge on any atom is 0.407 e. The molecule has 0 aromatic heterocycles. The van der Waals surface area contributed by atoms with Crippen molar-refractivity contribution in [2.24, 2.45) is 0 Å². The zero-order valence-corrected chi connectivity index (χ0v) is 16.6. The number of aliphatic carboxylic acids is 1. The van der Waals surface area contributed by atoms with Gasteiger partial charge in [-0.05, 0) is 25.0 Å². The minimum atomic E-state index is -1.12. The third-order valence-electron chi connectivity index (χ3n) is 4.17. The molecule has 7 nitrogen and oxygen atoms in total. The van der Waals surface area contributed by atoms with Crippen molar-refractivity contribution in [2.45, 2.75) is 44.9 Å². The van der Waals surface area contributed by atoms with Gasteiger partial charge in [0.25, 0.3) is 0 Å². The average molecular weight is 398 g/mol. The Hall–Kier alpha value is -3.35. The number of carbonyl (C=O) groups is 3. The van der Waals surface area contributed by atoms with E-state index in [1.54, 1.807) is 26.0 Å². The predicted molar refractivity (Wildman–Crippen MR) is 108 cm³/mol. The lowest BCUT2D eigenvalue weighted by molar-refractivity contribution is -0.142. The van der Waals surface area contributed by atoms with Crippen molar-refractivity contribution in [3.63, 3.8) is 0 Å². The molecule has 0 unspecified atom stereocenters. The maximum atomic E-state index is 12.4. The number of alkyl carbamates (subject to hydrolysis) is 1. The second kappa shape index (κ2) is 10.3. The van der Waals surface area contributed by atoms with E-state index in [0.29, 0.717) is 0 Å². The van der Waals surface area contributed by atoms with E-state index >= 15 is 0 Å². The Morgan fingerprint density at radius 1 is 0.966 bits per heavy atom. The molecule has 2 rings (SSSR count). The van der Waals surface area contributed by atoms with E-state index in [-0.39, 0.29) is 19.4 Å². The number of ether oxygens (including phenoxy) is 1. The summed E-state index contributed by atoms with van der Waals surface area (Å²) in [7, 11) is 0. The number of carboxylic acids is 1. The number of nitrogens with one attached hydrogen (secondary N) is 2.